The van der Waals surface area contributed by atoms with E-state index in [1.54, 1.807) is 0 Å². The first-order valence-corrected chi connectivity index (χ1v) is 7.68. The van der Waals surface area contributed by atoms with Gasteiger partial charge >= 0.3 is 0 Å². The van der Waals surface area contributed by atoms with Crippen LogP contribution < -0.4 is 0 Å². The van der Waals surface area contributed by atoms with Gasteiger partial charge in [-0.25, -0.2) is 0 Å². The molecule has 0 nitrogen and oxygen atoms in total. The third-order valence-corrected chi connectivity index (χ3v) is 3.41. The second kappa shape index (κ2) is 8.86. The van der Waals surface area contributed by atoms with Crippen molar-refractivity contribution in [2.45, 2.75) is 6.92 Å². The molecule has 0 spiro atoms. The first kappa shape index (κ1) is 16.1. The topological polar surface area (TPSA) is 0 Å². The first-order valence-electron chi connectivity index (χ1n) is 7.24. The molecule has 0 atom stereocenters. The molecule has 0 amide bonds. The van der Waals surface area contributed by atoms with Crippen LogP contribution in [0, 0.1) is 6.92 Å². The highest BCUT2D eigenvalue weighted by atomic mass is 35.5. The lowest BCUT2D eigenvalue weighted by Crippen LogP contribution is -1.80. The molecule has 0 aliphatic rings. The molecule has 0 saturated heterocycles. The predicted molar refractivity (Wildman–Crippen MR) is 97.9 cm³/mol. The van der Waals surface area contributed by atoms with Gasteiger partial charge in [0, 0.05) is 5.54 Å². The van der Waals surface area contributed by atoms with E-state index in [-0.39, 0.29) is 0 Å². The molecular weight excluding hydrogens is 288 g/mol. The SMILES string of the molecule is Cc1ccccc1-c1ccccc1.ClC=Cc1ccccc1. The Balaban J connectivity index is 0.000000172. The van der Waals surface area contributed by atoms with Crippen molar-refractivity contribution in [1.82, 2.24) is 0 Å². The fourth-order valence-electron chi connectivity index (χ4n) is 2.15. The maximum atomic E-state index is 5.36. The van der Waals surface area contributed by atoms with Crippen LogP contribution in [0.3, 0.4) is 0 Å². The molecule has 3 aromatic carbocycles. The normalized spacial score (nSPS) is 10.1. The van der Waals surface area contributed by atoms with Crippen molar-refractivity contribution in [1.29, 1.82) is 0 Å². The predicted octanol–water partition coefficient (Wildman–Crippen LogP) is 6.56. The van der Waals surface area contributed by atoms with E-state index in [2.05, 4.69) is 55.5 Å². The van der Waals surface area contributed by atoms with Gasteiger partial charge in [-0.05, 0) is 35.3 Å². The highest BCUT2D eigenvalue weighted by Crippen LogP contribution is 2.21. The Morgan fingerprint density at radius 1 is 0.682 bits per heavy atom. The van der Waals surface area contributed by atoms with Crippen LogP contribution in [0.4, 0.5) is 0 Å². The van der Waals surface area contributed by atoms with E-state index in [0.717, 1.165) is 5.56 Å². The van der Waals surface area contributed by atoms with E-state index in [9.17, 15) is 0 Å². The smallest absolute Gasteiger partial charge is 0.00484 e. The van der Waals surface area contributed by atoms with Gasteiger partial charge in [0.2, 0.25) is 0 Å². The van der Waals surface area contributed by atoms with Crippen LogP contribution in [-0.2, 0) is 0 Å². The van der Waals surface area contributed by atoms with Crippen LogP contribution in [0.2, 0.25) is 0 Å². The Morgan fingerprint density at radius 3 is 1.82 bits per heavy atom. The van der Waals surface area contributed by atoms with Crippen LogP contribution in [0.25, 0.3) is 17.2 Å². The van der Waals surface area contributed by atoms with Crippen LogP contribution in [0.1, 0.15) is 11.1 Å². The second-order valence-electron chi connectivity index (χ2n) is 4.88. The molecule has 1 heteroatoms. The Morgan fingerprint density at radius 2 is 1.23 bits per heavy atom. The molecule has 0 heterocycles. The van der Waals surface area contributed by atoms with E-state index in [4.69, 9.17) is 11.6 Å². The molecule has 0 bridgehead atoms. The summed E-state index contributed by atoms with van der Waals surface area (Å²) in [5, 5.41) is 0. The minimum absolute atomic E-state index is 1.13. The summed E-state index contributed by atoms with van der Waals surface area (Å²) in [4.78, 5) is 0. The van der Waals surface area contributed by atoms with E-state index >= 15 is 0 Å². The monoisotopic (exact) mass is 306 g/mol. The summed E-state index contributed by atoms with van der Waals surface area (Å²) in [7, 11) is 0. The Labute approximate surface area is 137 Å². The molecule has 0 unspecified atom stereocenters. The summed E-state index contributed by atoms with van der Waals surface area (Å²) >= 11 is 5.36. The summed E-state index contributed by atoms with van der Waals surface area (Å²) in [6.45, 7) is 2.14. The molecule has 3 rings (SSSR count). The van der Waals surface area contributed by atoms with Gasteiger partial charge in [0.05, 0.1) is 0 Å². The number of halogens is 1. The molecule has 0 saturated carbocycles. The molecule has 0 aromatic heterocycles. The van der Waals surface area contributed by atoms with Crippen molar-refractivity contribution >= 4 is 17.7 Å². The lowest BCUT2D eigenvalue weighted by Gasteiger charge is -2.04. The van der Waals surface area contributed by atoms with Gasteiger partial charge in [-0.1, -0.05) is 96.5 Å². The minimum atomic E-state index is 1.13. The second-order valence-corrected chi connectivity index (χ2v) is 5.14. The molecular formula is C21H19Cl. The van der Waals surface area contributed by atoms with Gasteiger partial charge in [-0.2, -0.15) is 0 Å². The Bertz CT molecular complexity index is 700. The van der Waals surface area contributed by atoms with Gasteiger partial charge < -0.3 is 0 Å². The van der Waals surface area contributed by atoms with E-state index in [0.29, 0.717) is 0 Å². The molecule has 0 N–H and O–H groups in total. The lowest BCUT2D eigenvalue weighted by molar-refractivity contribution is 1.46. The van der Waals surface area contributed by atoms with E-state index in [1.807, 2.05) is 42.5 Å². The van der Waals surface area contributed by atoms with Crippen LogP contribution in [-0.4, -0.2) is 0 Å². The van der Waals surface area contributed by atoms with Crippen molar-refractivity contribution in [3.8, 4) is 11.1 Å². The van der Waals surface area contributed by atoms with Gasteiger partial charge in [-0.15, -0.1) is 0 Å². The third kappa shape index (κ3) is 4.91. The summed E-state index contributed by atoms with van der Waals surface area (Å²) < 4.78 is 0. The summed E-state index contributed by atoms with van der Waals surface area (Å²) in [6.07, 6.45) is 1.85. The minimum Gasteiger partial charge on any atom is -0.0929 e. The van der Waals surface area contributed by atoms with Crippen molar-refractivity contribution in [3.63, 3.8) is 0 Å². The molecule has 0 aliphatic heterocycles. The van der Waals surface area contributed by atoms with E-state index < -0.39 is 0 Å². The van der Waals surface area contributed by atoms with Crippen LogP contribution in [0.5, 0.6) is 0 Å². The number of benzene rings is 3. The maximum absolute atomic E-state index is 5.36. The molecule has 110 valence electrons. The van der Waals surface area contributed by atoms with Gasteiger partial charge in [0.15, 0.2) is 0 Å². The van der Waals surface area contributed by atoms with E-state index in [1.165, 1.54) is 22.2 Å². The first-order chi connectivity index (χ1) is 10.8. The zero-order valence-corrected chi connectivity index (χ0v) is 13.4. The third-order valence-electron chi connectivity index (χ3n) is 3.28. The highest BCUT2D eigenvalue weighted by Gasteiger charge is 1.97. The standard InChI is InChI=1S/C13H12.C8H7Cl/c1-11-7-5-6-10-13(11)12-8-3-2-4-9-12;9-7-6-8-4-2-1-3-5-8/h2-10H,1H3;1-7H. The Kier molecular flexibility index (Phi) is 6.47. The molecule has 0 radical (unpaired) electrons. The largest absolute Gasteiger partial charge is 0.0929 e. The number of hydrogen-bond acceptors (Lipinski definition) is 0. The quantitative estimate of drug-likeness (QED) is 0.503. The number of aryl methyl sites for hydroxylation is 1. The Hall–Kier alpha value is -2.31. The summed E-state index contributed by atoms with van der Waals surface area (Å²) in [5.41, 5.74) is 6.58. The molecule has 3 aromatic rings. The fraction of sp³-hybridized carbons (Fsp3) is 0.0476. The van der Waals surface area contributed by atoms with Gasteiger partial charge in [0.25, 0.3) is 0 Å². The zero-order valence-electron chi connectivity index (χ0n) is 12.6. The van der Waals surface area contributed by atoms with Crippen molar-refractivity contribution < 1.29 is 0 Å². The molecule has 0 aliphatic carbocycles. The number of rotatable bonds is 2. The fourth-order valence-corrected chi connectivity index (χ4v) is 2.30. The summed E-state index contributed by atoms with van der Waals surface area (Å²) in [6, 6.07) is 28.8. The van der Waals surface area contributed by atoms with Gasteiger partial charge in [0.1, 0.15) is 0 Å². The molecule has 0 fully saturated rings. The van der Waals surface area contributed by atoms with Gasteiger partial charge in [-0.3, -0.25) is 0 Å². The molecule has 22 heavy (non-hydrogen) atoms. The average molecular weight is 307 g/mol. The number of hydrogen-bond donors (Lipinski definition) is 0. The van der Waals surface area contributed by atoms with Crippen LogP contribution >= 0.6 is 11.6 Å². The van der Waals surface area contributed by atoms with Crippen molar-refractivity contribution in [2.75, 3.05) is 0 Å². The van der Waals surface area contributed by atoms with Crippen LogP contribution in [0.15, 0.2) is 90.5 Å². The highest BCUT2D eigenvalue weighted by molar-refractivity contribution is 6.27. The average Bonchev–Trinajstić information content (AvgIpc) is 2.58. The van der Waals surface area contributed by atoms with Crippen molar-refractivity contribution in [2.24, 2.45) is 0 Å². The summed E-state index contributed by atoms with van der Waals surface area (Å²) in [5.74, 6) is 0. The van der Waals surface area contributed by atoms with Crippen molar-refractivity contribution in [3.05, 3.63) is 102 Å². The lowest BCUT2D eigenvalue weighted by atomic mass is 10.0. The zero-order chi connectivity index (χ0) is 15.6. The maximum Gasteiger partial charge on any atom is 0.00484 e.